The Labute approximate surface area is 133 Å². The van der Waals surface area contributed by atoms with E-state index in [0.29, 0.717) is 15.2 Å². The molecular formula is C13H8BrCl2NO3. The Hall–Kier alpha value is -1.43. The fourth-order valence-electron chi connectivity index (χ4n) is 1.54. The van der Waals surface area contributed by atoms with Gasteiger partial charge in [-0.1, -0.05) is 23.2 Å². The molecule has 0 fully saturated rings. The van der Waals surface area contributed by atoms with E-state index in [-0.39, 0.29) is 22.0 Å². The van der Waals surface area contributed by atoms with Crippen LogP contribution in [0.4, 0.5) is 5.69 Å². The van der Waals surface area contributed by atoms with Gasteiger partial charge in [0.05, 0.1) is 9.50 Å². The first-order chi connectivity index (χ1) is 9.38. The van der Waals surface area contributed by atoms with Crippen molar-refractivity contribution in [3.63, 3.8) is 0 Å². The summed E-state index contributed by atoms with van der Waals surface area (Å²) in [6.45, 7) is 0. The molecule has 2 rings (SSSR count). The number of rotatable bonds is 3. The third-order valence-electron chi connectivity index (χ3n) is 2.40. The number of anilines is 1. The molecule has 0 aromatic heterocycles. The Bertz CT molecular complexity index is 692. The summed E-state index contributed by atoms with van der Waals surface area (Å²) in [5.74, 6) is -0.765. The molecule has 0 amide bonds. The molecule has 7 heteroatoms. The highest BCUT2D eigenvalue weighted by Gasteiger charge is 2.18. The first-order valence-corrected chi connectivity index (χ1v) is 6.88. The molecule has 3 N–H and O–H groups in total. The van der Waals surface area contributed by atoms with Crippen LogP contribution in [0, 0.1) is 0 Å². The number of hydrogen-bond acceptors (Lipinski definition) is 3. The van der Waals surface area contributed by atoms with Crippen molar-refractivity contribution in [2.45, 2.75) is 0 Å². The molecule has 0 aliphatic carbocycles. The minimum absolute atomic E-state index is 0.0244. The summed E-state index contributed by atoms with van der Waals surface area (Å²) < 4.78 is 6.15. The lowest BCUT2D eigenvalue weighted by atomic mass is 10.2. The molecule has 4 nitrogen and oxygen atoms in total. The number of nitrogen functional groups attached to an aromatic ring is 1. The van der Waals surface area contributed by atoms with Gasteiger partial charge >= 0.3 is 5.97 Å². The van der Waals surface area contributed by atoms with Crippen LogP contribution < -0.4 is 10.5 Å². The van der Waals surface area contributed by atoms with Crippen LogP contribution >= 0.6 is 39.1 Å². The number of carboxylic acid groups (broad SMARTS) is 1. The minimum Gasteiger partial charge on any atom is -0.478 e. The van der Waals surface area contributed by atoms with Crippen molar-refractivity contribution >= 4 is 50.8 Å². The largest absolute Gasteiger partial charge is 0.478 e. The predicted molar refractivity (Wildman–Crippen MR) is 82.0 cm³/mol. The van der Waals surface area contributed by atoms with E-state index in [1.54, 1.807) is 18.2 Å². The standard InChI is InChI=1S/C13H8BrCl2NO3/c14-9-3-6(15)1-2-11(9)20-12-8(13(18)19)4-7(17)5-10(12)16/h1-5H,17H2,(H,18,19). The summed E-state index contributed by atoms with van der Waals surface area (Å²) >= 11 is 15.1. The van der Waals surface area contributed by atoms with Gasteiger partial charge in [-0.15, -0.1) is 0 Å². The molecule has 104 valence electrons. The lowest BCUT2D eigenvalue weighted by molar-refractivity contribution is 0.0694. The van der Waals surface area contributed by atoms with Gasteiger partial charge in [0.15, 0.2) is 5.75 Å². The van der Waals surface area contributed by atoms with E-state index < -0.39 is 5.97 Å². The Morgan fingerprint density at radius 1 is 1.25 bits per heavy atom. The number of ether oxygens (including phenoxy) is 1. The fraction of sp³-hybridized carbons (Fsp3) is 0. The maximum atomic E-state index is 11.2. The maximum absolute atomic E-state index is 11.2. The lowest BCUT2D eigenvalue weighted by Crippen LogP contribution is -2.02. The molecule has 0 heterocycles. The lowest BCUT2D eigenvalue weighted by Gasteiger charge is -2.12. The summed E-state index contributed by atoms with van der Waals surface area (Å²) in [6.07, 6.45) is 0. The highest BCUT2D eigenvalue weighted by atomic mass is 79.9. The number of hydrogen-bond donors (Lipinski definition) is 2. The zero-order chi connectivity index (χ0) is 14.9. The van der Waals surface area contributed by atoms with Gasteiger partial charge in [-0.3, -0.25) is 0 Å². The molecule has 0 radical (unpaired) electrons. The molecule has 0 spiro atoms. The van der Waals surface area contributed by atoms with Crippen molar-refractivity contribution in [3.8, 4) is 11.5 Å². The van der Waals surface area contributed by atoms with Crippen LogP contribution in [0.3, 0.4) is 0 Å². The van der Waals surface area contributed by atoms with E-state index in [0.717, 1.165) is 0 Å². The monoisotopic (exact) mass is 375 g/mol. The molecule has 0 aliphatic rings. The molecule has 20 heavy (non-hydrogen) atoms. The second-order valence-corrected chi connectivity index (χ2v) is 5.56. The fourth-order valence-corrected chi connectivity index (χ4v) is 2.57. The molecule has 2 aromatic carbocycles. The molecule has 0 unspecified atom stereocenters. The molecule has 0 saturated carbocycles. The number of halogens is 3. The SMILES string of the molecule is Nc1cc(Cl)c(Oc2ccc(Cl)cc2Br)c(C(=O)O)c1. The summed E-state index contributed by atoms with van der Waals surface area (Å²) in [5, 5.41) is 9.81. The van der Waals surface area contributed by atoms with Crippen molar-refractivity contribution in [3.05, 3.63) is 50.4 Å². The Kier molecular flexibility index (Phi) is 4.42. The van der Waals surface area contributed by atoms with Crippen LogP contribution in [0.5, 0.6) is 11.5 Å². The van der Waals surface area contributed by atoms with Gasteiger partial charge in [-0.25, -0.2) is 4.79 Å². The highest BCUT2D eigenvalue weighted by molar-refractivity contribution is 9.10. The molecule has 0 saturated heterocycles. The summed E-state index contributed by atoms with van der Waals surface area (Å²) in [5.41, 5.74) is 5.71. The Morgan fingerprint density at radius 3 is 2.55 bits per heavy atom. The van der Waals surface area contributed by atoms with E-state index in [2.05, 4.69) is 15.9 Å². The van der Waals surface area contributed by atoms with Crippen LogP contribution in [0.2, 0.25) is 10.0 Å². The Balaban J connectivity index is 2.50. The molecule has 2 aromatic rings. The maximum Gasteiger partial charge on any atom is 0.339 e. The van der Waals surface area contributed by atoms with Gasteiger partial charge in [0.25, 0.3) is 0 Å². The van der Waals surface area contributed by atoms with Gasteiger partial charge in [0.1, 0.15) is 11.3 Å². The van der Waals surface area contributed by atoms with Crippen molar-refractivity contribution in [1.29, 1.82) is 0 Å². The van der Waals surface area contributed by atoms with Crippen molar-refractivity contribution in [2.24, 2.45) is 0 Å². The number of aromatic carboxylic acids is 1. The predicted octanol–water partition coefficient (Wildman–Crippen LogP) is 4.83. The van der Waals surface area contributed by atoms with E-state index in [1.807, 2.05) is 0 Å². The quantitative estimate of drug-likeness (QED) is 0.752. The van der Waals surface area contributed by atoms with Gasteiger partial charge in [-0.2, -0.15) is 0 Å². The number of nitrogens with two attached hydrogens (primary N) is 1. The summed E-state index contributed by atoms with van der Waals surface area (Å²) in [6, 6.07) is 7.56. The van der Waals surface area contributed by atoms with Crippen LogP contribution in [-0.2, 0) is 0 Å². The van der Waals surface area contributed by atoms with Gasteiger partial charge in [0.2, 0.25) is 0 Å². The minimum atomic E-state index is -1.18. The van der Waals surface area contributed by atoms with Crippen LogP contribution in [0.15, 0.2) is 34.8 Å². The topological polar surface area (TPSA) is 72.5 Å². The molecular weight excluding hydrogens is 369 g/mol. The highest BCUT2D eigenvalue weighted by Crippen LogP contribution is 2.38. The second kappa shape index (κ2) is 5.91. The zero-order valence-corrected chi connectivity index (χ0v) is 13.0. The van der Waals surface area contributed by atoms with Crippen molar-refractivity contribution in [1.82, 2.24) is 0 Å². The third kappa shape index (κ3) is 3.17. The number of benzene rings is 2. The Morgan fingerprint density at radius 2 is 1.95 bits per heavy atom. The average Bonchev–Trinajstić information content (AvgIpc) is 2.34. The third-order valence-corrected chi connectivity index (χ3v) is 3.54. The van der Waals surface area contributed by atoms with Crippen LogP contribution in [-0.4, -0.2) is 11.1 Å². The van der Waals surface area contributed by atoms with Gasteiger partial charge < -0.3 is 15.6 Å². The number of carboxylic acids is 1. The first kappa shape index (κ1) is 15.0. The van der Waals surface area contributed by atoms with E-state index in [9.17, 15) is 9.90 Å². The van der Waals surface area contributed by atoms with E-state index >= 15 is 0 Å². The van der Waals surface area contributed by atoms with Crippen LogP contribution in [0.1, 0.15) is 10.4 Å². The second-order valence-electron chi connectivity index (χ2n) is 3.86. The van der Waals surface area contributed by atoms with Crippen molar-refractivity contribution < 1.29 is 14.6 Å². The zero-order valence-electron chi connectivity index (χ0n) is 9.86. The first-order valence-electron chi connectivity index (χ1n) is 5.33. The summed E-state index contributed by atoms with van der Waals surface area (Å²) in [4.78, 5) is 11.2. The normalized spacial score (nSPS) is 10.3. The van der Waals surface area contributed by atoms with Crippen molar-refractivity contribution in [2.75, 3.05) is 5.73 Å². The molecule has 0 atom stereocenters. The smallest absolute Gasteiger partial charge is 0.339 e. The van der Waals surface area contributed by atoms with Gasteiger partial charge in [-0.05, 0) is 46.3 Å². The summed E-state index contributed by atoms with van der Waals surface area (Å²) in [7, 11) is 0. The molecule has 0 aliphatic heterocycles. The van der Waals surface area contributed by atoms with E-state index in [4.69, 9.17) is 33.7 Å². The number of carbonyl (C=O) groups is 1. The average molecular weight is 377 g/mol. The van der Waals surface area contributed by atoms with E-state index in [1.165, 1.54) is 12.1 Å². The van der Waals surface area contributed by atoms with Crippen LogP contribution in [0.25, 0.3) is 0 Å². The molecule has 0 bridgehead atoms. The van der Waals surface area contributed by atoms with Gasteiger partial charge in [0, 0.05) is 10.7 Å².